The van der Waals surface area contributed by atoms with Gasteiger partial charge in [-0.2, -0.15) is 0 Å². The molecule has 0 aromatic carbocycles. The molecule has 0 bridgehead atoms. The average Bonchev–Trinajstić information content (AvgIpc) is 1.90. The fourth-order valence-electron chi connectivity index (χ4n) is 2.01. The van der Waals surface area contributed by atoms with E-state index in [-0.39, 0.29) is 0 Å². The summed E-state index contributed by atoms with van der Waals surface area (Å²) in [5.74, 6) is 0.813. The molecule has 1 aliphatic carbocycles. The molecule has 1 fully saturated rings. The van der Waals surface area contributed by atoms with E-state index < -0.39 is 15.6 Å². The second-order valence-electron chi connectivity index (χ2n) is 5.41. The quantitative estimate of drug-likeness (QED) is 0.736. The van der Waals surface area contributed by atoms with Crippen molar-refractivity contribution >= 4 is 10.0 Å². The molecule has 0 saturated heterocycles. The van der Waals surface area contributed by atoms with Gasteiger partial charge in [0, 0.05) is 18.1 Å². The molecule has 0 amide bonds. The largest absolute Gasteiger partial charge is 0.312 e. The van der Waals surface area contributed by atoms with Crippen LogP contribution in [-0.4, -0.2) is 32.8 Å². The molecule has 4 nitrogen and oxygen atoms in total. The summed E-state index contributed by atoms with van der Waals surface area (Å²) >= 11 is 0. The number of rotatable bonds is 5. The molecule has 0 spiro atoms. The highest BCUT2D eigenvalue weighted by Crippen LogP contribution is 2.26. The maximum atomic E-state index is 11.1. The zero-order chi connectivity index (χ0) is 11.7. The summed E-state index contributed by atoms with van der Waals surface area (Å²) in [6.07, 6.45) is 3.60. The average molecular weight is 234 g/mol. The van der Waals surface area contributed by atoms with Gasteiger partial charge in [0.05, 0.1) is 6.26 Å². The van der Waals surface area contributed by atoms with Crippen LogP contribution in [0.2, 0.25) is 0 Å². The molecule has 2 N–H and O–H groups in total. The fraction of sp³-hybridized carbons (Fsp3) is 1.00. The van der Waals surface area contributed by atoms with Gasteiger partial charge in [0.2, 0.25) is 10.0 Å². The monoisotopic (exact) mass is 234 g/mol. The van der Waals surface area contributed by atoms with Crippen LogP contribution in [0.5, 0.6) is 0 Å². The molecule has 1 saturated carbocycles. The smallest absolute Gasteiger partial charge is 0.209 e. The Morgan fingerprint density at radius 2 is 1.87 bits per heavy atom. The Morgan fingerprint density at radius 1 is 1.33 bits per heavy atom. The summed E-state index contributed by atoms with van der Waals surface area (Å²) in [5, 5.41) is 3.39. The first kappa shape index (κ1) is 12.9. The van der Waals surface area contributed by atoms with Crippen molar-refractivity contribution in [1.29, 1.82) is 0 Å². The second-order valence-corrected chi connectivity index (χ2v) is 7.16. The molecular weight excluding hydrogens is 212 g/mol. The van der Waals surface area contributed by atoms with E-state index in [1.54, 1.807) is 0 Å². The highest BCUT2D eigenvalue weighted by atomic mass is 32.2. The van der Waals surface area contributed by atoms with Crippen molar-refractivity contribution in [3.05, 3.63) is 0 Å². The standard InChI is InChI=1S/C10H22N2O2S/c1-8-5-9(6-8)11-7-10(2,3)12-15(4,13)14/h8-9,11-12H,5-7H2,1-4H3. The predicted octanol–water partition coefficient (Wildman–Crippen LogP) is 0.702. The minimum atomic E-state index is -3.12. The lowest BCUT2D eigenvalue weighted by Gasteiger charge is -2.36. The molecule has 1 rings (SSSR count). The zero-order valence-electron chi connectivity index (χ0n) is 10.0. The van der Waals surface area contributed by atoms with Crippen LogP contribution in [0.1, 0.15) is 33.6 Å². The molecule has 1 aliphatic rings. The van der Waals surface area contributed by atoms with Crippen molar-refractivity contribution in [1.82, 2.24) is 10.0 Å². The lowest BCUT2D eigenvalue weighted by atomic mass is 9.81. The summed E-state index contributed by atoms with van der Waals surface area (Å²) < 4.78 is 24.8. The maximum absolute atomic E-state index is 11.1. The SMILES string of the molecule is CC1CC(NCC(C)(C)NS(C)(=O)=O)C1. The summed E-state index contributed by atoms with van der Waals surface area (Å²) in [6.45, 7) is 6.70. The van der Waals surface area contributed by atoms with Gasteiger partial charge in [-0.05, 0) is 32.6 Å². The van der Waals surface area contributed by atoms with Gasteiger partial charge >= 0.3 is 0 Å². The van der Waals surface area contributed by atoms with E-state index in [4.69, 9.17) is 0 Å². The van der Waals surface area contributed by atoms with Gasteiger partial charge in [-0.15, -0.1) is 0 Å². The van der Waals surface area contributed by atoms with Crippen molar-refractivity contribution in [3.63, 3.8) is 0 Å². The molecule has 0 radical (unpaired) electrons. The summed E-state index contributed by atoms with van der Waals surface area (Å²) in [4.78, 5) is 0. The highest BCUT2D eigenvalue weighted by molar-refractivity contribution is 7.88. The van der Waals surface area contributed by atoms with E-state index in [0.29, 0.717) is 12.6 Å². The maximum Gasteiger partial charge on any atom is 0.209 e. The van der Waals surface area contributed by atoms with Gasteiger partial charge in [0.15, 0.2) is 0 Å². The third-order valence-corrected chi connectivity index (χ3v) is 3.59. The minimum absolute atomic E-state index is 0.410. The van der Waals surface area contributed by atoms with Gasteiger partial charge in [-0.3, -0.25) is 0 Å². The topological polar surface area (TPSA) is 58.2 Å². The molecule has 15 heavy (non-hydrogen) atoms. The van der Waals surface area contributed by atoms with Crippen LogP contribution in [0.15, 0.2) is 0 Å². The Labute approximate surface area is 92.9 Å². The first-order valence-electron chi connectivity index (χ1n) is 5.40. The Morgan fingerprint density at radius 3 is 2.27 bits per heavy atom. The number of nitrogens with one attached hydrogen (secondary N) is 2. The highest BCUT2D eigenvalue weighted by Gasteiger charge is 2.28. The van der Waals surface area contributed by atoms with Crippen molar-refractivity contribution in [2.45, 2.75) is 45.2 Å². The number of hydrogen-bond acceptors (Lipinski definition) is 3. The third-order valence-electron chi connectivity index (χ3n) is 2.67. The summed E-state index contributed by atoms with van der Waals surface area (Å²) in [5.41, 5.74) is -0.410. The van der Waals surface area contributed by atoms with Crippen LogP contribution in [0, 0.1) is 5.92 Å². The van der Waals surface area contributed by atoms with Gasteiger partial charge < -0.3 is 5.32 Å². The Kier molecular flexibility index (Phi) is 3.79. The van der Waals surface area contributed by atoms with Gasteiger partial charge in [-0.25, -0.2) is 13.1 Å². The first-order valence-corrected chi connectivity index (χ1v) is 7.29. The predicted molar refractivity (Wildman–Crippen MR) is 62.2 cm³/mol. The fourth-order valence-corrected chi connectivity index (χ4v) is 3.08. The van der Waals surface area contributed by atoms with Crippen LogP contribution in [0.25, 0.3) is 0 Å². The lowest BCUT2D eigenvalue weighted by molar-refractivity contribution is 0.227. The van der Waals surface area contributed by atoms with E-state index in [1.807, 2.05) is 13.8 Å². The number of sulfonamides is 1. The van der Waals surface area contributed by atoms with Crippen molar-refractivity contribution in [2.24, 2.45) is 5.92 Å². The van der Waals surface area contributed by atoms with Gasteiger partial charge in [0.25, 0.3) is 0 Å². The lowest BCUT2D eigenvalue weighted by Crippen LogP contribution is -2.53. The minimum Gasteiger partial charge on any atom is -0.312 e. The van der Waals surface area contributed by atoms with Gasteiger partial charge in [0.1, 0.15) is 0 Å². The van der Waals surface area contributed by atoms with Crippen LogP contribution in [0.3, 0.4) is 0 Å². The zero-order valence-corrected chi connectivity index (χ0v) is 10.8. The summed E-state index contributed by atoms with van der Waals surface area (Å²) in [6, 6.07) is 0.570. The van der Waals surface area contributed by atoms with Crippen LogP contribution >= 0.6 is 0 Å². The molecule has 0 aromatic heterocycles. The Hall–Kier alpha value is -0.130. The first-order chi connectivity index (χ1) is 6.68. The van der Waals surface area contributed by atoms with Crippen molar-refractivity contribution < 1.29 is 8.42 Å². The van der Waals surface area contributed by atoms with Crippen LogP contribution in [-0.2, 0) is 10.0 Å². The van der Waals surface area contributed by atoms with E-state index in [1.165, 1.54) is 19.1 Å². The van der Waals surface area contributed by atoms with Gasteiger partial charge in [-0.1, -0.05) is 6.92 Å². The molecule has 0 atom stereocenters. The summed E-state index contributed by atoms with van der Waals surface area (Å²) in [7, 11) is -3.12. The van der Waals surface area contributed by atoms with E-state index in [2.05, 4.69) is 17.0 Å². The third kappa shape index (κ3) is 4.95. The van der Waals surface area contributed by atoms with E-state index in [0.717, 1.165) is 5.92 Å². The molecule has 0 unspecified atom stereocenters. The Balaban J connectivity index is 2.30. The normalized spacial score (nSPS) is 27.5. The van der Waals surface area contributed by atoms with E-state index in [9.17, 15) is 8.42 Å². The number of hydrogen-bond donors (Lipinski definition) is 2. The molecule has 0 heterocycles. The molecule has 90 valence electrons. The van der Waals surface area contributed by atoms with Crippen molar-refractivity contribution in [2.75, 3.05) is 12.8 Å². The molecule has 0 aliphatic heterocycles. The van der Waals surface area contributed by atoms with Crippen LogP contribution < -0.4 is 10.0 Å². The molecule has 5 heteroatoms. The second kappa shape index (κ2) is 4.39. The van der Waals surface area contributed by atoms with E-state index >= 15 is 0 Å². The Bertz CT molecular complexity index is 305. The van der Waals surface area contributed by atoms with Crippen molar-refractivity contribution in [3.8, 4) is 0 Å². The molecular formula is C10H22N2O2S. The van der Waals surface area contributed by atoms with Crippen LogP contribution in [0.4, 0.5) is 0 Å². The molecule has 0 aromatic rings.